The Bertz CT molecular complexity index is 369. The van der Waals surface area contributed by atoms with Crippen LogP contribution in [0.5, 0.6) is 0 Å². The van der Waals surface area contributed by atoms with Crippen LogP contribution >= 0.6 is 0 Å². The molecule has 20 heavy (non-hydrogen) atoms. The summed E-state index contributed by atoms with van der Waals surface area (Å²) in [6.45, 7) is 4.95. The summed E-state index contributed by atoms with van der Waals surface area (Å²) in [7, 11) is 0. The fourth-order valence-corrected chi connectivity index (χ4v) is 2.42. The molecule has 0 radical (unpaired) electrons. The van der Waals surface area contributed by atoms with Gasteiger partial charge in [-0.2, -0.15) is 0 Å². The van der Waals surface area contributed by atoms with Crippen LogP contribution < -0.4 is 10.6 Å². The number of likely N-dealkylation sites (N-methyl/N-ethyl adjacent to an activating group) is 1. The lowest BCUT2D eigenvalue weighted by Gasteiger charge is -2.19. The molecule has 0 spiro atoms. The molecule has 1 aliphatic carbocycles. The molecule has 3 N–H and O–H groups in total. The zero-order valence-electron chi connectivity index (χ0n) is 12.0. The van der Waals surface area contributed by atoms with Crippen molar-refractivity contribution in [2.75, 3.05) is 19.6 Å². The second-order valence-electron chi connectivity index (χ2n) is 4.94. The van der Waals surface area contributed by atoms with Gasteiger partial charge in [0.25, 0.3) is 0 Å². The molecule has 0 saturated heterocycles. The van der Waals surface area contributed by atoms with E-state index < -0.39 is 12.0 Å². The number of carbonyl (C=O) groups excluding carboxylic acids is 2. The zero-order valence-corrected chi connectivity index (χ0v) is 12.0. The van der Waals surface area contributed by atoms with Crippen LogP contribution in [0.25, 0.3) is 0 Å². The summed E-state index contributed by atoms with van der Waals surface area (Å²) >= 11 is 0. The third-order valence-corrected chi connectivity index (χ3v) is 3.63. The minimum absolute atomic E-state index is 0.0391. The maximum absolute atomic E-state index is 11.7. The first-order valence-corrected chi connectivity index (χ1v) is 7.02. The monoisotopic (exact) mass is 285 g/mol. The van der Waals surface area contributed by atoms with Crippen LogP contribution in [0.4, 0.5) is 4.79 Å². The molecule has 2 unspecified atom stereocenters. The molecule has 0 aromatic carbocycles. The number of urea groups is 1. The Kier molecular flexibility index (Phi) is 6.27. The molecule has 1 rings (SSSR count). The van der Waals surface area contributed by atoms with E-state index >= 15 is 0 Å². The van der Waals surface area contributed by atoms with Gasteiger partial charge < -0.3 is 20.6 Å². The first kappa shape index (κ1) is 16.3. The highest BCUT2D eigenvalue weighted by Gasteiger charge is 2.30. The molecule has 7 nitrogen and oxygen atoms in total. The summed E-state index contributed by atoms with van der Waals surface area (Å²) in [6.07, 6.45) is 1.69. The Morgan fingerprint density at radius 1 is 1.20 bits per heavy atom. The quantitative estimate of drug-likeness (QED) is 0.658. The third kappa shape index (κ3) is 4.71. The van der Waals surface area contributed by atoms with E-state index in [-0.39, 0.29) is 24.4 Å². The number of carboxylic acids is 1. The highest BCUT2D eigenvalue weighted by atomic mass is 16.4. The summed E-state index contributed by atoms with van der Waals surface area (Å²) < 4.78 is 0. The van der Waals surface area contributed by atoms with Crippen LogP contribution in [0.1, 0.15) is 33.1 Å². The molecular formula is C13H23N3O4. The molecule has 3 amide bonds. The van der Waals surface area contributed by atoms with Gasteiger partial charge >= 0.3 is 12.0 Å². The summed E-state index contributed by atoms with van der Waals surface area (Å²) in [5.74, 6) is -1.32. The normalized spacial score (nSPS) is 21.3. The smallest absolute Gasteiger partial charge is 0.315 e. The second kappa shape index (κ2) is 7.72. The van der Waals surface area contributed by atoms with Crippen LogP contribution in [-0.4, -0.2) is 53.6 Å². The van der Waals surface area contributed by atoms with Crippen molar-refractivity contribution in [3.63, 3.8) is 0 Å². The Labute approximate surface area is 118 Å². The summed E-state index contributed by atoms with van der Waals surface area (Å²) in [6, 6.07) is -0.541. The minimum atomic E-state index is -0.814. The predicted octanol–water partition coefficient (Wildman–Crippen LogP) is 0.407. The predicted molar refractivity (Wildman–Crippen MR) is 73.2 cm³/mol. The van der Waals surface area contributed by atoms with E-state index in [2.05, 4.69) is 10.6 Å². The number of rotatable bonds is 6. The molecule has 0 heterocycles. The van der Waals surface area contributed by atoms with Gasteiger partial charge in [-0.25, -0.2) is 4.79 Å². The van der Waals surface area contributed by atoms with Crippen molar-refractivity contribution in [2.45, 2.75) is 39.2 Å². The molecule has 1 aliphatic rings. The largest absolute Gasteiger partial charge is 0.481 e. The van der Waals surface area contributed by atoms with E-state index in [4.69, 9.17) is 5.11 Å². The Morgan fingerprint density at radius 2 is 1.85 bits per heavy atom. The van der Waals surface area contributed by atoms with Gasteiger partial charge in [-0.1, -0.05) is 0 Å². The first-order valence-electron chi connectivity index (χ1n) is 7.02. The van der Waals surface area contributed by atoms with Gasteiger partial charge in [0.15, 0.2) is 0 Å². The van der Waals surface area contributed by atoms with E-state index in [1.807, 2.05) is 13.8 Å². The average molecular weight is 285 g/mol. The number of hydrogen-bond donors (Lipinski definition) is 3. The van der Waals surface area contributed by atoms with E-state index in [1.54, 1.807) is 4.90 Å². The number of nitrogens with zero attached hydrogens (tertiary/aromatic N) is 1. The number of aliphatic carboxylic acids is 1. The second-order valence-corrected chi connectivity index (χ2v) is 4.94. The SMILES string of the molecule is CCN(CC)C(=O)CNC(=O)NC1CCC(C(=O)O)C1. The van der Waals surface area contributed by atoms with Crippen molar-refractivity contribution in [2.24, 2.45) is 5.92 Å². The van der Waals surface area contributed by atoms with E-state index in [9.17, 15) is 14.4 Å². The maximum atomic E-state index is 11.7. The lowest BCUT2D eigenvalue weighted by atomic mass is 10.1. The van der Waals surface area contributed by atoms with Gasteiger partial charge in [-0.05, 0) is 33.1 Å². The average Bonchev–Trinajstić information content (AvgIpc) is 2.86. The summed E-state index contributed by atoms with van der Waals surface area (Å²) in [4.78, 5) is 35.8. The van der Waals surface area contributed by atoms with Crippen LogP contribution in [-0.2, 0) is 9.59 Å². The highest BCUT2D eigenvalue weighted by molar-refractivity contribution is 5.84. The summed E-state index contributed by atoms with van der Waals surface area (Å²) in [5.41, 5.74) is 0. The molecule has 0 aliphatic heterocycles. The van der Waals surface area contributed by atoms with Gasteiger partial charge in [0.1, 0.15) is 0 Å². The van der Waals surface area contributed by atoms with Gasteiger partial charge in [0.2, 0.25) is 5.91 Å². The Morgan fingerprint density at radius 3 is 2.35 bits per heavy atom. The zero-order chi connectivity index (χ0) is 15.1. The van der Waals surface area contributed by atoms with Crippen molar-refractivity contribution < 1.29 is 19.5 Å². The number of nitrogens with one attached hydrogen (secondary N) is 2. The van der Waals surface area contributed by atoms with Crippen LogP contribution in [0.3, 0.4) is 0 Å². The van der Waals surface area contributed by atoms with Crippen molar-refractivity contribution in [1.82, 2.24) is 15.5 Å². The molecule has 0 aromatic heterocycles. The summed E-state index contributed by atoms with van der Waals surface area (Å²) in [5, 5.41) is 14.1. The Balaban J connectivity index is 2.27. The highest BCUT2D eigenvalue weighted by Crippen LogP contribution is 2.25. The molecular weight excluding hydrogens is 262 g/mol. The lowest BCUT2D eigenvalue weighted by Crippen LogP contribution is -2.46. The van der Waals surface area contributed by atoms with Gasteiger partial charge in [-0.3, -0.25) is 9.59 Å². The van der Waals surface area contributed by atoms with E-state index in [1.165, 1.54) is 0 Å². The van der Waals surface area contributed by atoms with Crippen LogP contribution in [0, 0.1) is 5.92 Å². The fourth-order valence-electron chi connectivity index (χ4n) is 2.42. The fraction of sp³-hybridized carbons (Fsp3) is 0.769. The standard InChI is InChI=1S/C13H23N3O4/c1-3-16(4-2)11(17)8-14-13(20)15-10-6-5-9(7-10)12(18)19/h9-10H,3-8H2,1-2H3,(H,18,19)(H2,14,15,20). The first-order chi connectivity index (χ1) is 9.47. The molecule has 0 bridgehead atoms. The van der Waals surface area contributed by atoms with Crippen molar-refractivity contribution >= 4 is 17.9 Å². The van der Waals surface area contributed by atoms with Crippen molar-refractivity contribution in [3.8, 4) is 0 Å². The lowest BCUT2D eigenvalue weighted by molar-refractivity contribution is -0.141. The number of carboxylic acid groups (broad SMARTS) is 1. The third-order valence-electron chi connectivity index (χ3n) is 3.63. The van der Waals surface area contributed by atoms with Gasteiger partial charge in [-0.15, -0.1) is 0 Å². The number of carbonyl (C=O) groups is 3. The maximum Gasteiger partial charge on any atom is 0.315 e. The molecule has 0 aromatic rings. The van der Waals surface area contributed by atoms with Crippen molar-refractivity contribution in [3.05, 3.63) is 0 Å². The van der Waals surface area contributed by atoms with Gasteiger partial charge in [0, 0.05) is 19.1 Å². The topological polar surface area (TPSA) is 98.7 Å². The number of amides is 3. The van der Waals surface area contributed by atoms with Crippen LogP contribution in [0.15, 0.2) is 0 Å². The number of hydrogen-bond acceptors (Lipinski definition) is 3. The minimum Gasteiger partial charge on any atom is -0.481 e. The van der Waals surface area contributed by atoms with Crippen LogP contribution in [0.2, 0.25) is 0 Å². The molecule has 114 valence electrons. The molecule has 2 atom stereocenters. The molecule has 1 fully saturated rings. The van der Waals surface area contributed by atoms with E-state index in [0.29, 0.717) is 32.4 Å². The van der Waals surface area contributed by atoms with Crippen molar-refractivity contribution in [1.29, 1.82) is 0 Å². The van der Waals surface area contributed by atoms with E-state index in [0.717, 1.165) is 0 Å². The Hall–Kier alpha value is -1.79. The van der Waals surface area contributed by atoms with Gasteiger partial charge in [0.05, 0.1) is 12.5 Å². The molecule has 7 heteroatoms. The molecule has 1 saturated carbocycles.